The van der Waals surface area contributed by atoms with Crippen molar-refractivity contribution < 1.29 is 4.39 Å². The SMILES string of the molecule is CC1(C)CN(c2cccc(F)c2)C(C)(C)CN1. The van der Waals surface area contributed by atoms with Crippen LogP contribution in [0.3, 0.4) is 0 Å². The van der Waals surface area contributed by atoms with Crippen LogP contribution in [0.2, 0.25) is 0 Å². The summed E-state index contributed by atoms with van der Waals surface area (Å²) >= 11 is 0. The van der Waals surface area contributed by atoms with E-state index in [4.69, 9.17) is 0 Å². The van der Waals surface area contributed by atoms with Gasteiger partial charge in [0, 0.05) is 29.9 Å². The molecule has 1 aromatic carbocycles. The summed E-state index contributed by atoms with van der Waals surface area (Å²) in [5.41, 5.74) is 1.02. The minimum absolute atomic E-state index is 0.00329. The van der Waals surface area contributed by atoms with Crippen LogP contribution in [-0.4, -0.2) is 24.2 Å². The zero-order valence-electron chi connectivity index (χ0n) is 11.0. The molecule has 0 unspecified atom stereocenters. The molecule has 1 aliphatic heterocycles. The molecule has 1 N–H and O–H groups in total. The van der Waals surface area contributed by atoms with Crippen molar-refractivity contribution >= 4 is 5.69 Å². The summed E-state index contributed by atoms with van der Waals surface area (Å²) in [5, 5.41) is 3.53. The van der Waals surface area contributed by atoms with E-state index >= 15 is 0 Å². The first-order valence-electron chi connectivity index (χ1n) is 6.08. The predicted octanol–water partition coefficient (Wildman–Crippen LogP) is 2.79. The minimum Gasteiger partial charge on any atom is -0.363 e. The summed E-state index contributed by atoms with van der Waals surface area (Å²) in [6.07, 6.45) is 0. The molecule has 2 nitrogen and oxygen atoms in total. The molecule has 17 heavy (non-hydrogen) atoms. The molecule has 0 aromatic heterocycles. The minimum atomic E-state index is -0.172. The van der Waals surface area contributed by atoms with Gasteiger partial charge in [0.05, 0.1) is 0 Å². The van der Waals surface area contributed by atoms with Crippen LogP contribution in [0.25, 0.3) is 0 Å². The molecule has 1 heterocycles. The van der Waals surface area contributed by atoms with Gasteiger partial charge in [-0.15, -0.1) is 0 Å². The summed E-state index contributed by atoms with van der Waals surface area (Å²) in [6.45, 7) is 10.5. The number of hydrogen-bond donors (Lipinski definition) is 1. The lowest BCUT2D eigenvalue weighted by atomic mass is 9.91. The van der Waals surface area contributed by atoms with E-state index in [-0.39, 0.29) is 16.9 Å². The van der Waals surface area contributed by atoms with Crippen LogP contribution in [0, 0.1) is 5.82 Å². The Morgan fingerprint density at radius 3 is 2.59 bits per heavy atom. The molecule has 0 spiro atoms. The molecule has 0 bridgehead atoms. The first kappa shape index (κ1) is 12.4. The van der Waals surface area contributed by atoms with Gasteiger partial charge >= 0.3 is 0 Å². The van der Waals surface area contributed by atoms with Crippen molar-refractivity contribution in [3.63, 3.8) is 0 Å². The zero-order chi connectivity index (χ0) is 12.7. The molecule has 0 aliphatic carbocycles. The summed E-state index contributed by atoms with van der Waals surface area (Å²) in [7, 11) is 0. The van der Waals surface area contributed by atoms with E-state index in [1.807, 2.05) is 6.07 Å². The number of anilines is 1. The van der Waals surface area contributed by atoms with Crippen LogP contribution in [0.1, 0.15) is 27.7 Å². The molecule has 0 atom stereocenters. The van der Waals surface area contributed by atoms with E-state index in [2.05, 4.69) is 37.9 Å². The highest BCUT2D eigenvalue weighted by Crippen LogP contribution is 2.29. The van der Waals surface area contributed by atoms with Crippen LogP contribution < -0.4 is 10.2 Å². The molecule has 0 radical (unpaired) electrons. The number of nitrogens with zero attached hydrogens (tertiary/aromatic N) is 1. The smallest absolute Gasteiger partial charge is 0.125 e. The second kappa shape index (κ2) is 3.98. The Labute approximate surface area is 103 Å². The van der Waals surface area contributed by atoms with Gasteiger partial charge in [0.15, 0.2) is 0 Å². The average Bonchev–Trinajstić information content (AvgIpc) is 2.22. The molecule has 1 aromatic rings. The lowest BCUT2D eigenvalue weighted by Crippen LogP contribution is -2.66. The molecular weight excluding hydrogens is 215 g/mol. The third kappa shape index (κ3) is 2.60. The molecule has 0 amide bonds. The number of piperazine rings is 1. The average molecular weight is 236 g/mol. The highest BCUT2D eigenvalue weighted by Gasteiger charge is 2.37. The fourth-order valence-electron chi connectivity index (χ4n) is 2.30. The molecule has 1 fully saturated rings. The third-order valence-corrected chi connectivity index (χ3v) is 3.40. The standard InChI is InChI=1S/C14H21FN2/c1-13(2)10-17(14(3,4)9-16-13)12-7-5-6-11(15)8-12/h5-8,16H,9-10H2,1-4H3. The quantitative estimate of drug-likeness (QED) is 0.806. The van der Waals surface area contributed by atoms with Gasteiger partial charge in [0.2, 0.25) is 0 Å². The fraction of sp³-hybridized carbons (Fsp3) is 0.571. The lowest BCUT2D eigenvalue weighted by molar-refractivity contribution is 0.260. The summed E-state index contributed by atoms with van der Waals surface area (Å²) in [4.78, 5) is 2.28. The van der Waals surface area contributed by atoms with Crippen molar-refractivity contribution in [3.05, 3.63) is 30.1 Å². The van der Waals surface area contributed by atoms with Crippen LogP contribution in [0.5, 0.6) is 0 Å². The Morgan fingerprint density at radius 1 is 1.24 bits per heavy atom. The first-order valence-corrected chi connectivity index (χ1v) is 6.08. The van der Waals surface area contributed by atoms with Gasteiger partial charge in [0.25, 0.3) is 0 Å². The first-order chi connectivity index (χ1) is 7.80. The molecule has 0 saturated carbocycles. The van der Waals surface area contributed by atoms with Gasteiger partial charge in [-0.05, 0) is 45.9 Å². The Morgan fingerprint density at radius 2 is 1.94 bits per heavy atom. The van der Waals surface area contributed by atoms with Crippen molar-refractivity contribution in [3.8, 4) is 0 Å². The zero-order valence-corrected chi connectivity index (χ0v) is 11.0. The summed E-state index contributed by atoms with van der Waals surface area (Å²) in [5.74, 6) is -0.172. The largest absolute Gasteiger partial charge is 0.363 e. The Bertz CT molecular complexity index is 412. The monoisotopic (exact) mass is 236 g/mol. The van der Waals surface area contributed by atoms with Crippen molar-refractivity contribution in [1.29, 1.82) is 0 Å². The fourth-order valence-corrected chi connectivity index (χ4v) is 2.30. The van der Waals surface area contributed by atoms with Crippen molar-refractivity contribution in [2.24, 2.45) is 0 Å². The van der Waals surface area contributed by atoms with Gasteiger partial charge in [-0.2, -0.15) is 0 Å². The Hall–Kier alpha value is -1.09. The second-order valence-corrected chi connectivity index (χ2v) is 6.12. The molecule has 3 heteroatoms. The van der Waals surface area contributed by atoms with Crippen LogP contribution in [0.4, 0.5) is 10.1 Å². The molecule has 2 rings (SSSR count). The highest BCUT2D eigenvalue weighted by molar-refractivity contribution is 5.50. The number of nitrogens with one attached hydrogen (secondary N) is 1. The predicted molar refractivity (Wildman–Crippen MR) is 69.9 cm³/mol. The van der Waals surface area contributed by atoms with E-state index in [1.54, 1.807) is 12.1 Å². The number of rotatable bonds is 1. The normalized spacial score (nSPS) is 22.5. The van der Waals surface area contributed by atoms with E-state index in [0.29, 0.717) is 0 Å². The van der Waals surface area contributed by atoms with Crippen LogP contribution in [0.15, 0.2) is 24.3 Å². The molecular formula is C14H21FN2. The number of hydrogen-bond acceptors (Lipinski definition) is 2. The van der Waals surface area contributed by atoms with E-state index < -0.39 is 0 Å². The van der Waals surface area contributed by atoms with Gasteiger partial charge in [-0.3, -0.25) is 0 Å². The number of benzene rings is 1. The number of halogens is 1. The lowest BCUT2D eigenvalue weighted by Gasteiger charge is -2.51. The summed E-state index contributed by atoms with van der Waals surface area (Å²) in [6, 6.07) is 6.86. The van der Waals surface area contributed by atoms with Gasteiger partial charge in [-0.25, -0.2) is 4.39 Å². The van der Waals surface area contributed by atoms with Crippen molar-refractivity contribution in [1.82, 2.24) is 5.32 Å². The van der Waals surface area contributed by atoms with Crippen LogP contribution >= 0.6 is 0 Å². The topological polar surface area (TPSA) is 15.3 Å². The highest BCUT2D eigenvalue weighted by atomic mass is 19.1. The van der Waals surface area contributed by atoms with Crippen LogP contribution in [-0.2, 0) is 0 Å². The molecule has 1 saturated heterocycles. The van der Waals surface area contributed by atoms with Gasteiger partial charge in [-0.1, -0.05) is 6.07 Å². The maximum Gasteiger partial charge on any atom is 0.125 e. The Balaban J connectivity index is 2.34. The summed E-state index contributed by atoms with van der Waals surface area (Å²) < 4.78 is 13.3. The third-order valence-electron chi connectivity index (χ3n) is 3.40. The van der Waals surface area contributed by atoms with Crippen molar-refractivity contribution in [2.45, 2.75) is 38.8 Å². The molecule has 1 aliphatic rings. The van der Waals surface area contributed by atoms with Gasteiger partial charge in [0.1, 0.15) is 5.82 Å². The Kier molecular flexibility index (Phi) is 2.90. The molecule has 94 valence electrons. The van der Waals surface area contributed by atoms with E-state index in [9.17, 15) is 4.39 Å². The van der Waals surface area contributed by atoms with E-state index in [1.165, 1.54) is 6.07 Å². The second-order valence-electron chi connectivity index (χ2n) is 6.12. The maximum absolute atomic E-state index is 13.3. The van der Waals surface area contributed by atoms with E-state index in [0.717, 1.165) is 18.8 Å². The van der Waals surface area contributed by atoms with Crippen molar-refractivity contribution in [2.75, 3.05) is 18.0 Å². The van der Waals surface area contributed by atoms with Gasteiger partial charge < -0.3 is 10.2 Å². The maximum atomic E-state index is 13.3.